The number of hydrogen-bond acceptors (Lipinski definition) is 8. The number of piperazine rings is 1. The molecule has 176 valence electrons. The number of aromatic nitrogens is 3. The van der Waals surface area contributed by atoms with Gasteiger partial charge in [-0.05, 0) is 0 Å². The molecule has 1 saturated heterocycles. The van der Waals surface area contributed by atoms with Crippen LogP contribution in [0.1, 0.15) is 5.56 Å². The molecule has 2 aromatic heterocycles. The molecule has 0 aliphatic carbocycles. The summed E-state index contributed by atoms with van der Waals surface area (Å²) in [5.74, 6) is -1.99. The van der Waals surface area contributed by atoms with E-state index in [0.717, 1.165) is 0 Å². The number of amides is 1. The predicted octanol–water partition coefficient (Wildman–Crippen LogP) is 3.01. The van der Waals surface area contributed by atoms with Gasteiger partial charge < -0.3 is 25.3 Å². The monoisotopic (exact) mass is 467 g/mol. The van der Waals surface area contributed by atoms with Crippen LogP contribution in [-0.4, -0.2) is 72.3 Å². The maximum absolute atomic E-state index is 15.8. The largest absolute Gasteiger partial charge is 0.467 e. The fourth-order valence-electron chi connectivity index (χ4n) is 4.00. The third-order valence-electron chi connectivity index (χ3n) is 5.68. The Hall–Kier alpha value is -4.15. The summed E-state index contributed by atoms with van der Waals surface area (Å²) < 4.78 is 34.3. The minimum Gasteiger partial charge on any atom is -0.467 e. The zero-order chi connectivity index (χ0) is 24.4. The van der Waals surface area contributed by atoms with Crippen molar-refractivity contribution >= 4 is 34.5 Å². The Morgan fingerprint density at radius 3 is 2.62 bits per heavy atom. The Kier molecular flexibility index (Phi) is 6.35. The Bertz CT molecular complexity index is 1290. The molecule has 3 aromatic rings. The molecule has 1 aliphatic heterocycles. The molecular formula is C23H23F2N7O2. The molecule has 0 atom stereocenters. The van der Waals surface area contributed by atoms with Crippen molar-refractivity contribution in [1.82, 2.24) is 19.9 Å². The van der Waals surface area contributed by atoms with Crippen LogP contribution in [0.2, 0.25) is 0 Å². The minimum absolute atomic E-state index is 0.0173. The highest BCUT2D eigenvalue weighted by Gasteiger charge is 2.27. The number of fused-ring (bicyclic) bond motifs is 1. The molecule has 0 bridgehead atoms. The fraction of sp³-hybridized carbons (Fsp3) is 0.261. The van der Waals surface area contributed by atoms with Crippen molar-refractivity contribution in [3.8, 4) is 17.3 Å². The number of ether oxygens (including phenoxy) is 1. The van der Waals surface area contributed by atoms with Gasteiger partial charge >= 0.3 is 6.01 Å². The van der Waals surface area contributed by atoms with Gasteiger partial charge in [0.1, 0.15) is 17.0 Å². The third kappa shape index (κ3) is 4.00. The average Bonchev–Trinajstić information content (AvgIpc) is 2.87. The van der Waals surface area contributed by atoms with Crippen molar-refractivity contribution in [1.29, 1.82) is 5.41 Å². The molecule has 0 saturated carbocycles. The molecule has 1 amide bonds. The summed E-state index contributed by atoms with van der Waals surface area (Å²) in [5, 5.41) is 11.0. The Morgan fingerprint density at radius 1 is 1.26 bits per heavy atom. The van der Waals surface area contributed by atoms with Crippen molar-refractivity contribution < 1.29 is 18.3 Å². The van der Waals surface area contributed by atoms with Gasteiger partial charge in [-0.25, -0.2) is 8.78 Å². The lowest BCUT2D eigenvalue weighted by molar-refractivity contribution is -0.128. The van der Waals surface area contributed by atoms with E-state index in [9.17, 15) is 9.18 Å². The van der Waals surface area contributed by atoms with Crippen molar-refractivity contribution in [3.63, 3.8) is 0 Å². The van der Waals surface area contributed by atoms with Gasteiger partial charge in [0.25, 0.3) is 5.91 Å². The van der Waals surface area contributed by atoms with Crippen molar-refractivity contribution in [3.05, 3.63) is 48.2 Å². The number of halogens is 2. The normalized spacial score (nSPS) is 13.6. The van der Waals surface area contributed by atoms with Crippen LogP contribution in [0.3, 0.4) is 0 Å². The molecular weight excluding hydrogens is 444 g/mol. The first-order valence-electron chi connectivity index (χ1n) is 10.5. The quantitative estimate of drug-likeness (QED) is 0.424. The molecule has 2 N–H and O–H groups in total. The van der Waals surface area contributed by atoms with E-state index in [1.807, 2.05) is 4.90 Å². The molecule has 1 aromatic carbocycles. The lowest BCUT2D eigenvalue weighted by atomic mass is 10.0. The third-order valence-corrected chi connectivity index (χ3v) is 5.68. The van der Waals surface area contributed by atoms with Gasteiger partial charge in [0.2, 0.25) is 0 Å². The van der Waals surface area contributed by atoms with Gasteiger partial charge in [0.05, 0.1) is 18.2 Å². The molecule has 3 heterocycles. The first kappa shape index (κ1) is 23.0. The Balaban J connectivity index is 1.79. The van der Waals surface area contributed by atoms with E-state index in [0.29, 0.717) is 41.1 Å². The van der Waals surface area contributed by atoms with E-state index in [2.05, 4.69) is 26.8 Å². The van der Waals surface area contributed by atoms with Crippen LogP contribution in [0.25, 0.3) is 22.2 Å². The van der Waals surface area contributed by atoms with Gasteiger partial charge in [0.15, 0.2) is 11.6 Å². The summed E-state index contributed by atoms with van der Waals surface area (Å²) in [5.41, 5.74) is 1.75. The fourth-order valence-corrected chi connectivity index (χ4v) is 4.00. The number of carbonyl (C=O) groups is 1. The number of nitrogens with one attached hydrogen (secondary N) is 2. The van der Waals surface area contributed by atoms with Crippen LogP contribution >= 0.6 is 0 Å². The van der Waals surface area contributed by atoms with E-state index in [1.54, 1.807) is 25.2 Å². The maximum atomic E-state index is 15.8. The van der Waals surface area contributed by atoms with Gasteiger partial charge in [0, 0.05) is 56.8 Å². The lowest BCUT2D eigenvalue weighted by Gasteiger charge is -2.35. The second-order valence-corrected chi connectivity index (χ2v) is 7.57. The number of rotatable bonds is 6. The highest BCUT2D eigenvalue weighted by Crippen LogP contribution is 2.35. The Labute approximate surface area is 194 Å². The highest BCUT2D eigenvalue weighted by molar-refractivity contribution is 5.96. The molecule has 0 unspecified atom stereocenters. The van der Waals surface area contributed by atoms with Crippen LogP contribution in [0.15, 0.2) is 36.8 Å². The van der Waals surface area contributed by atoms with Crippen LogP contribution in [0.4, 0.5) is 20.3 Å². The first-order chi connectivity index (χ1) is 16.4. The summed E-state index contributed by atoms with van der Waals surface area (Å²) >= 11 is 0. The molecule has 0 radical (unpaired) electrons. The van der Waals surface area contributed by atoms with Crippen molar-refractivity contribution in [2.45, 2.75) is 0 Å². The number of carbonyl (C=O) groups excluding carboxylic acids is 1. The molecule has 9 nitrogen and oxygen atoms in total. The van der Waals surface area contributed by atoms with Crippen molar-refractivity contribution in [2.24, 2.45) is 0 Å². The van der Waals surface area contributed by atoms with E-state index < -0.39 is 17.6 Å². The summed E-state index contributed by atoms with van der Waals surface area (Å²) in [4.78, 5) is 28.1. The summed E-state index contributed by atoms with van der Waals surface area (Å²) in [6.45, 7) is 4.27. The maximum Gasteiger partial charge on any atom is 0.318 e. The molecule has 1 fully saturated rings. The topological polar surface area (TPSA) is 107 Å². The number of methoxy groups -OCH3 is 1. The number of hydrogen-bond donors (Lipinski definition) is 2. The second-order valence-electron chi connectivity index (χ2n) is 7.57. The molecule has 34 heavy (non-hydrogen) atoms. The molecule has 0 spiro atoms. The SMILES string of the molecule is C=C(F)C(=O)N1CCN(c2nc(OC)nc3c(F)c(-c4cccc(C=N)c4NC)ncc23)CC1. The lowest BCUT2D eigenvalue weighted by Crippen LogP contribution is -2.49. The summed E-state index contributed by atoms with van der Waals surface area (Å²) in [7, 11) is 3.08. The van der Waals surface area contributed by atoms with Gasteiger partial charge in [-0.2, -0.15) is 9.97 Å². The predicted molar refractivity (Wildman–Crippen MR) is 126 cm³/mol. The number of benzene rings is 1. The number of para-hydroxylation sites is 1. The van der Waals surface area contributed by atoms with E-state index in [1.165, 1.54) is 24.4 Å². The van der Waals surface area contributed by atoms with E-state index in [4.69, 9.17) is 10.1 Å². The number of anilines is 2. The number of pyridine rings is 1. The standard InChI is InChI=1S/C23H23F2N7O2/c1-13(24)22(33)32-9-7-31(8-10-32)21-16-12-28-19(17(25)20(16)29-23(30-21)34-3)15-6-4-5-14(11-26)18(15)27-2/h4-6,11-12,26-27H,1,7-10H2,2-3H3. The minimum atomic E-state index is -1.01. The van der Waals surface area contributed by atoms with Crippen LogP contribution in [-0.2, 0) is 4.79 Å². The van der Waals surface area contributed by atoms with Crippen molar-refractivity contribution in [2.75, 3.05) is 50.6 Å². The zero-order valence-electron chi connectivity index (χ0n) is 18.7. The average molecular weight is 467 g/mol. The van der Waals surface area contributed by atoms with E-state index in [-0.39, 0.29) is 30.3 Å². The summed E-state index contributed by atoms with van der Waals surface area (Å²) in [6, 6.07) is 5.16. The van der Waals surface area contributed by atoms with Crippen LogP contribution in [0, 0.1) is 11.2 Å². The van der Waals surface area contributed by atoms with Crippen LogP contribution < -0.4 is 15.0 Å². The van der Waals surface area contributed by atoms with E-state index >= 15 is 4.39 Å². The molecule has 11 heteroatoms. The van der Waals surface area contributed by atoms with Gasteiger partial charge in [-0.1, -0.05) is 24.8 Å². The summed E-state index contributed by atoms with van der Waals surface area (Å²) in [6.07, 6.45) is 2.68. The molecule has 1 aliphatic rings. The van der Waals surface area contributed by atoms with Gasteiger partial charge in [-0.15, -0.1) is 0 Å². The first-order valence-corrected chi connectivity index (χ1v) is 10.5. The van der Waals surface area contributed by atoms with Gasteiger partial charge in [-0.3, -0.25) is 9.78 Å². The smallest absolute Gasteiger partial charge is 0.318 e. The second kappa shape index (κ2) is 9.38. The molecule has 4 rings (SSSR count). The highest BCUT2D eigenvalue weighted by atomic mass is 19.1. The Morgan fingerprint density at radius 2 is 2.00 bits per heavy atom. The zero-order valence-corrected chi connectivity index (χ0v) is 18.7. The number of nitrogens with zero attached hydrogens (tertiary/aromatic N) is 5. The van der Waals surface area contributed by atoms with Crippen LogP contribution in [0.5, 0.6) is 6.01 Å².